The molecule has 1 aliphatic heterocycles. The minimum atomic E-state index is -4.52. The second kappa shape index (κ2) is 6.84. The van der Waals surface area contributed by atoms with Gasteiger partial charge in [-0.2, -0.15) is 23.3 Å². The fraction of sp³-hybridized carbons (Fsp3) is 0.0476. The number of benzene rings is 2. The van der Waals surface area contributed by atoms with E-state index in [4.69, 9.17) is 4.42 Å². The number of hydrazone groups is 1. The topological polar surface area (TPSA) is 45.8 Å². The van der Waals surface area contributed by atoms with Crippen LogP contribution in [0.1, 0.15) is 16.9 Å². The second-order valence-electron chi connectivity index (χ2n) is 6.05. The zero-order valence-corrected chi connectivity index (χ0v) is 14.4. The summed E-state index contributed by atoms with van der Waals surface area (Å²) in [6, 6.07) is 16.8. The van der Waals surface area contributed by atoms with E-state index in [2.05, 4.69) is 5.10 Å². The van der Waals surface area contributed by atoms with E-state index in [9.17, 15) is 18.0 Å². The van der Waals surface area contributed by atoms with Gasteiger partial charge in [0.05, 0.1) is 23.1 Å². The Morgan fingerprint density at radius 1 is 0.964 bits per heavy atom. The summed E-state index contributed by atoms with van der Waals surface area (Å²) in [5.41, 5.74) is 0.454. The van der Waals surface area contributed by atoms with Crippen LogP contribution in [0.15, 0.2) is 88.1 Å². The van der Waals surface area contributed by atoms with E-state index in [1.54, 1.807) is 36.4 Å². The highest BCUT2D eigenvalue weighted by Gasteiger charge is 2.35. The van der Waals surface area contributed by atoms with Gasteiger partial charge in [0.15, 0.2) is 0 Å². The Morgan fingerprint density at radius 3 is 2.43 bits per heavy atom. The van der Waals surface area contributed by atoms with Crippen LogP contribution in [0, 0.1) is 0 Å². The fourth-order valence-electron chi connectivity index (χ4n) is 2.86. The first-order chi connectivity index (χ1) is 13.4. The molecule has 0 saturated carbocycles. The third-order valence-corrected chi connectivity index (χ3v) is 4.17. The van der Waals surface area contributed by atoms with Crippen LogP contribution >= 0.6 is 0 Å². The largest absolute Gasteiger partial charge is 0.465 e. The van der Waals surface area contributed by atoms with Crippen LogP contribution in [0.25, 0.3) is 6.08 Å². The van der Waals surface area contributed by atoms with Crippen molar-refractivity contribution in [1.82, 2.24) is 0 Å². The molecule has 140 valence electrons. The van der Waals surface area contributed by atoms with Crippen LogP contribution in [-0.4, -0.2) is 11.6 Å². The van der Waals surface area contributed by atoms with Gasteiger partial charge in [-0.15, -0.1) is 0 Å². The number of hydrogen-bond acceptors (Lipinski definition) is 3. The minimum Gasteiger partial charge on any atom is -0.465 e. The summed E-state index contributed by atoms with van der Waals surface area (Å²) < 4.78 is 44.5. The van der Waals surface area contributed by atoms with Crippen molar-refractivity contribution in [2.75, 3.05) is 5.01 Å². The lowest BCUT2D eigenvalue weighted by atomic mass is 10.0. The third-order valence-electron chi connectivity index (χ3n) is 4.17. The van der Waals surface area contributed by atoms with Gasteiger partial charge in [0.25, 0.3) is 5.91 Å². The predicted molar refractivity (Wildman–Crippen MR) is 98.6 cm³/mol. The number of alkyl halides is 3. The van der Waals surface area contributed by atoms with E-state index < -0.39 is 17.6 Å². The molecule has 4 nitrogen and oxygen atoms in total. The Balaban J connectivity index is 1.82. The van der Waals surface area contributed by atoms with Gasteiger partial charge in [-0.1, -0.05) is 36.4 Å². The summed E-state index contributed by atoms with van der Waals surface area (Å²) in [6.07, 6.45) is -1.52. The molecule has 3 aromatic rings. The van der Waals surface area contributed by atoms with E-state index in [1.165, 1.54) is 24.5 Å². The lowest BCUT2D eigenvalue weighted by Crippen LogP contribution is -2.22. The Hall–Kier alpha value is -3.61. The highest BCUT2D eigenvalue weighted by Crippen LogP contribution is 2.34. The first-order valence-corrected chi connectivity index (χ1v) is 8.35. The maximum Gasteiger partial charge on any atom is 0.416 e. The third kappa shape index (κ3) is 3.34. The lowest BCUT2D eigenvalue weighted by Gasteiger charge is -2.14. The van der Waals surface area contributed by atoms with Gasteiger partial charge < -0.3 is 4.42 Å². The molecule has 4 rings (SSSR count). The summed E-state index contributed by atoms with van der Waals surface area (Å²) >= 11 is 0. The van der Waals surface area contributed by atoms with Crippen LogP contribution in [-0.2, 0) is 11.0 Å². The molecule has 1 amide bonds. The minimum absolute atomic E-state index is 0.0381. The first-order valence-electron chi connectivity index (χ1n) is 8.35. The van der Waals surface area contributed by atoms with Crippen LogP contribution in [0.4, 0.5) is 18.9 Å². The molecule has 0 fully saturated rings. The van der Waals surface area contributed by atoms with Crippen LogP contribution in [0.2, 0.25) is 0 Å². The number of furan rings is 1. The zero-order chi connectivity index (χ0) is 19.7. The van der Waals surface area contributed by atoms with Gasteiger partial charge in [-0.3, -0.25) is 4.79 Å². The number of hydrogen-bond donors (Lipinski definition) is 0. The Labute approximate surface area is 158 Å². The maximum atomic E-state index is 13.1. The molecule has 7 heteroatoms. The molecule has 0 radical (unpaired) electrons. The monoisotopic (exact) mass is 382 g/mol. The normalized spacial score (nSPS) is 16.0. The molecule has 0 bridgehead atoms. The zero-order valence-electron chi connectivity index (χ0n) is 14.4. The van der Waals surface area contributed by atoms with Gasteiger partial charge >= 0.3 is 6.18 Å². The van der Waals surface area contributed by atoms with E-state index in [-0.39, 0.29) is 11.3 Å². The summed E-state index contributed by atoms with van der Waals surface area (Å²) in [5, 5.41) is 5.30. The molecule has 28 heavy (non-hydrogen) atoms. The molecule has 0 N–H and O–H groups in total. The van der Waals surface area contributed by atoms with Crippen molar-refractivity contribution in [2.45, 2.75) is 6.18 Å². The molecule has 0 aliphatic carbocycles. The van der Waals surface area contributed by atoms with Crippen molar-refractivity contribution < 1.29 is 22.4 Å². The van der Waals surface area contributed by atoms with Crippen LogP contribution in [0.5, 0.6) is 0 Å². The number of carbonyl (C=O) groups is 1. The lowest BCUT2D eigenvalue weighted by molar-refractivity contribution is -0.137. The second-order valence-corrected chi connectivity index (χ2v) is 6.05. The van der Waals surface area contributed by atoms with Gasteiger partial charge in [-0.05, 0) is 36.4 Å². The number of amides is 1. The van der Waals surface area contributed by atoms with Crippen molar-refractivity contribution in [1.29, 1.82) is 0 Å². The molecule has 0 spiro atoms. The van der Waals surface area contributed by atoms with Crippen molar-refractivity contribution in [3.8, 4) is 0 Å². The SMILES string of the molecule is O=C1/C(=C\c2ccco2)C(c2ccccc2)=NN1c1cccc(C(F)(F)F)c1. The number of halogens is 3. The average Bonchev–Trinajstić information content (AvgIpc) is 3.31. The van der Waals surface area contributed by atoms with E-state index >= 15 is 0 Å². The van der Waals surface area contributed by atoms with Gasteiger partial charge in [0, 0.05) is 5.56 Å². The molecule has 0 saturated heterocycles. The molecule has 0 atom stereocenters. The average molecular weight is 382 g/mol. The van der Waals surface area contributed by atoms with E-state index in [1.807, 2.05) is 6.07 Å². The quantitative estimate of drug-likeness (QED) is 0.590. The van der Waals surface area contributed by atoms with Gasteiger partial charge in [0.1, 0.15) is 11.5 Å². The standard InChI is InChI=1S/C21H13F3N2O2/c22-21(23,24)15-8-4-9-16(12-15)26-20(27)18(13-17-10-5-11-28-17)19(25-26)14-6-2-1-3-7-14/h1-13H/b18-13-. The van der Waals surface area contributed by atoms with Crippen molar-refractivity contribution in [3.05, 3.63) is 95.5 Å². The molecular weight excluding hydrogens is 369 g/mol. The Kier molecular flexibility index (Phi) is 4.35. The number of nitrogens with zero attached hydrogens (tertiary/aromatic N) is 2. The maximum absolute atomic E-state index is 13.1. The highest BCUT2D eigenvalue weighted by molar-refractivity contribution is 6.37. The molecule has 2 heterocycles. The summed E-state index contributed by atoms with van der Waals surface area (Å²) in [6.45, 7) is 0. The van der Waals surface area contributed by atoms with Gasteiger partial charge in [0.2, 0.25) is 0 Å². The summed E-state index contributed by atoms with van der Waals surface area (Å²) in [4.78, 5) is 13.0. The Bertz CT molecular complexity index is 1070. The van der Waals surface area contributed by atoms with Crippen LogP contribution in [0.3, 0.4) is 0 Å². The molecule has 1 aliphatic rings. The Morgan fingerprint density at radius 2 is 1.75 bits per heavy atom. The predicted octanol–water partition coefficient (Wildman–Crippen LogP) is 5.13. The number of anilines is 1. The smallest absolute Gasteiger partial charge is 0.416 e. The number of rotatable bonds is 3. The first kappa shape index (κ1) is 17.8. The molecule has 2 aromatic carbocycles. The van der Waals surface area contributed by atoms with Crippen molar-refractivity contribution in [3.63, 3.8) is 0 Å². The molecular formula is C21H13F3N2O2. The highest BCUT2D eigenvalue weighted by atomic mass is 19.4. The van der Waals surface area contributed by atoms with Crippen LogP contribution < -0.4 is 5.01 Å². The van der Waals surface area contributed by atoms with E-state index in [0.29, 0.717) is 17.0 Å². The van der Waals surface area contributed by atoms with Gasteiger partial charge in [-0.25, -0.2) is 0 Å². The summed E-state index contributed by atoms with van der Waals surface area (Å²) in [5.74, 6) is -0.0903. The fourth-order valence-corrected chi connectivity index (χ4v) is 2.86. The number of carbonyl (C=O) groups excluding carboxylic acids is 1. The summed E-state index contributed by atoms with van der Waals surface area (Å²) in [7, 11) is 0. The molecule has 1 aromatic heterocycles. The van der Waals surface area contributed by atoms with Crippen molar-refractivity contribution >= 4 is 23.4 Å². The van der Waals surface area contributed by atoms with Crippen molar-refractivity contribution in [2.24, 2.45) is 5.10 Å². The molecule has 0 unspecified atom stereocenters. The van der Waals surface area contributed by atoms with E-state index in [0.717, 1.165) is 17.1 Å².